The van der Waals surface area contributed by atoms with Gasteiger partial charge in [0.2, 0.25) is 11.8 Å². The molecule has 0 bridgehead atoms. The Labute approximate surface area is 150 Å². The number of hydrogen-bond acceptors (Lipinski definition) is 4. The average molecular weight is 364 g/mol. The summed E-state index contributed by atoms with van der Waals surface area (Å²) in [6.07, 6.45) is 0.825. The summed E-state index contributed by atoms with van der Waals surface area (Å²) in [6.45, 7) is 11.3. The third-order valence-corrected chi connectivity index (χ3v) is 5.71. The minimum atomic E-state index is -0.451. The summed E-state index contributed by atoms with van der Waals surface area (Å²) in [6, 6.07) is -0.191. The number of carbonyl (C=O) groups excluding carboxylic acids is 2. The third-order valence-electron chi connectivity index (χ3n) is 4.69. The first-order valence-electron chi connectivity index (χ1n) is 7.97. The van der Waals surface area contributed by atoms with E-state index in [1.807, 2.05) is 25.7 Å². The average Bonchev–Trinajstić information content (AvgIpc) is 2.88. The zero-order valence-corrected chi connectivity index (χ0v) is 16.4. The molecule has 2 rings (SSSR count). The zero-order valence-electron chi connectivity index (χ0n) is 14.8. The number of thioether (sulfide) groups is 1. The highest BCUT2D eigenvalue weighted by atomic mass is 35.5. The minimum Gasteiger partial charge on any atom is -0.340 e. The van der Waals surface area contributed by atoms with Gasteiger partial charge < -0.3 is 15.5 Å². The van der Waals surface area contributed by atoms with E-state index < -0.39 is 5.41 Å². The van der Waals surface area contributed by atoms with Crippen molar-refractivity contribution in [1.82, 2.24) is 9.80 Å². The fraction of sp³-hybridized carbons (Fsp3) is 0.875. The van der Waals surface area contributed by atoms with Gasteiger partial charge in [-0.25, -0.2) is 0 Å². The zero-order chi connectivity index (χ0) is 16.7. The fourth-order valence-corrected chi connectivity index (χ4v) is 4.20. The number of likely N-dealkylation sites (tertiary alicyclic amines) is 1. The van der Waals surface area contributed by atoms with E-state index in [0.29, 0.717) is 24.7 Å². The van der Waals surface area contributed by atoms with Gasteiger partial charge in [0.1, 0.15) is 6.04 Å². The molecule has 2 fully saturated rings. The highest BCUT2D eigenvalue weighted by Crippen LogP contribution is 2.32. The number of carbonyl (C=O) groups is 2. The van der Waals surface area contributed by atoms with E-state index in [1.54, 1.807) is 16.7 Å². The predicted molar refractivity (Wildman–Crippen MR) is 97.6 cm³/mol. The smallest absolute Gasteiger partial charge is 0.246 e. The second-order valence-electron chi connectivity index (χ2n) is 8.18. The molecule has 0 aliphatic carbocycles. The number of nitrogens with two attached hydrogens (primary N) is 1. The molecule has 2 saturated heterocycles. The van der Waals surface area contributed by atoms with Crippen LogP contribution >= 0.6 is 24.2 Å². The number of rotatable bonds is 1. The van der Waals surface area contributed by atoms with Crippen LogP contribution in [0.25, 0.3) is 0 Å². The molecule has 2 heterocycles. The normalized spacial score (nSPS) is 27.6. The number of amides is 2. The molecule has 0 radical (unpaired) electrons. The number of nitrogens with zero attached hydrogens (tertiary/aromatic N) is 2. The molecule has 7 heteroatoms. The van der Waals surface area contributed by atoms with Gasteiger partial charge in [0.05, 0.1) is 5.88 Å². The highest BCUT2D eigenvalue weighted by molar-refractivity contribution is 7.99. The molecule has 2 aliphatic heterocycles. The quantitative estimate of drug-likeness (QED) is 0.773. The molecule has 2 amide bonds. The number of piperidine rings is 1. The van der Waals surface area contributed by atoms with Crippen LogP contribution < -0.4 is 5.73 Å². The molecule has 2 aliphatic rings. The summed E-state index contributed by atoms with van der Waals surface area (Å²) in [5, 5.41) is 0. The lowest BCUT2D eigenvalue weighted by molar-refractivity contribution is -0.149. The van der Waals surface area contributed by atoms with Crippen LogP contribution in [0, 0.1) is 10.8 Å². The van der Waals surface area contributed by atoms with Gasteiger partial charge >= 0.3 is 0 Å². The van der Waals surface area contributed by atoms with Crippen molar-refractivity contribution in [2.45, 2.75) is 53.1 Å². The van der Waals surface area contributed by atoms with Crippen molar-refractivity contribution in [3.05, 3.63) is 0 Å². The number of hydrogen-bond donors (Lipinski definition) is 1. The molecule has 0 aromatic carbocycles. The Morgan fingerprint density at radius 1 is 1.26 bits per heavy atom. The first-order valence-corrected chi connectivity index (χ1v) is 9.13. The Bertz CT molecular complexity index is 465. The molecule has 0 saturated carbocycles. The first kappa shape index (κ1) is 20.6. The van der Waals surface area contributed by atoms with Crippen molar-refractivity contribution < 1.29 is 9.59 Å². The molecular formula is C16H30ClN3O2S. The van der Waals surface area contributed by atoms with Crippen LogP contribution in [-0.4, -0.2) is 58.4 Å². The maximum atomic E-state index is 12.9. The summed E-state index contributed by atoms with van der Waals surface area (Å²) < 4.78 is 0. The topological polar surface area (TPSA) is 66.6 Å². The Kier molecular flexibility index (Phi) is 6.44. The van der Waals surface area contributed by atoms with Gasteiger partial charge in [-0.2, -0.15) is 0 Å². The SMILES string of the molecule is CC(C)(C)C(=O)N1CSCC1C(=O)N1CCC(N)C(C)(C)C1.Cl. The Morgan fingerprint density at radius 2 is 1.87 bits per heavy atom. The summed E-state index contributed by atoms with van der Waals surface area (Å²) in [5.74, 6) is 1.46. The Morgan fingerprint density at radius 3 is 2.39 bits per heavy atom. The molecule has 0 aromatic rings. The second kappa shape index (κ2) is 7.19. The van der Waals surface area contributed by atoms with Crippen molar-refractivity contribution in [2.24, 2.45) is 16.6 Å². The van der Waals surface area contributed by atoms with Gasteiger partial charge in [-0.05, 0) is 11.8 Å². The van der Waals surface area contributed by atoms with Crippen molar-refractivity contribution in [2.75, 3.05) is 24.7 Å². The van der Waals surface area contributed by atoms with E-state index >= 15 is 0 Å². The molecule has 2 unspecified atom stereocenters. The lowest BCUT2D eigenvalue weighted by atomic mass is 9.79. The standard InChI is InChI=1S/C16H29N3O2S.ClH/c1-15(2,3)14(21)19-10-22-8-11(19)13(20)18-7-6-12(17)16(4,5)9-18;/h11-12H,6-10,17H2,1-5H3;1H. The predicted octanol–water partition coefficient (Wildman–Crippen LogP) is 1.94. The molecule has 134 valence electrons. The lowest BCUT2D eigenvalue weighted by Gasteiger charge is -2.44. The first-order chi connectivity index (χ1) is 10.0. The van der Waals surface area contributed by atoms with Crippen molar-refractivity contribution in [3.8, 4) is 0 Å². The van der Waals surface area contributed by atoms with Gasteiger partial charge in [-0.1, -0.05) is 34.6 Å². The van der Waals surface area contributed by atoms with Crippen molar-refractivity contribution in [1.29, 1.82) is 0 Å². The maximum absolute atomic E-state index is 12.9. The van der Waals surface area contributed by atoms with Crippen LogP contribution in [0.3, 0.4) is 0 Å². The Balaban J connectivity index is 0.00000264. The van der Waals surface area contributed by atoms with Gasteiger partial charge in [0, 0.05) is 30.3 Å². The molecule has 5 nitrogen and oxygen atoms in total. The highest BCUT2D eigenvalue weighted by Gasteiger charge is 2.43. The van der Waals surface area contributed by atoms with Gasteiger partial charge in [-0.15, -0.1) is 24.2 Å². The lowest BCUT2D eigenvalue weighted by Crippen LogP contribution is -2.58. The monoisotopic (exact) mass is 363 g/mol. The van der Waals surface area contributed by atoms with Crippen LogP contribution in [0.15, 0.2) is 0 Å². The summed E-state index contributed by atoms with van der Waals surface area (Å²) >= 11 is 1.66. The van der Waals surface area contributed by atoms with Crippen LogP contribution in [0.4, 0.5) is 0 Å². The van der Waals surface area contributed by atoms with Crippen LogP contribution in [0.5, 0.6) is 0 Å². The summed E-state index contributed by atoms with van der Waals surface area (Å²) in [4.78, 5) is 29.1. The minimum absolute atomic E-state index is 0. The third kappa shape index (κ3) is 4.34. The van der Waals surface area contributed by atoms with Crippen LogP contribution in [-0.2, 0) is 9.59 Å². The van der Waals surface area contributed by atoms with Crippen LogP contribution in [0.2, 0.25) is 0 Å². The van der Waals surface area contributed by atoms with E-state index in [0.717, 1.165) is 6.42 Å². The molecule has 2 atom stereocenters. The second-order valence-corrected chi connectivity index (χ2v) is 9.18. The number of halogens is 1. The van der Waals surface area contributed by atoms with Gasteiger partial charge in [0.15, 0.2) is 0 Å². The summed E-state index contributed by atoms with van der Waals surface area (Å²) in [5.41, 5.74) is 5.63. The fourth-order valence-electron chi connectivity index (χ4n) is 3.05. The van der Waals surface area contributed by atoms with Crippen LogP contribution in [0.1, 0.15) is 41.0 Å². The van der Waals surface area contributed by atoms with Gasteiger partial charge in [-0.3, -0.25) is 9.59 Å². The molecular weight excluding hydrogens is 334 g/mol. The molecule has 2 N–H and O–H groups in total. The van der Waals surface area contributed by atoms with E-state index in [-0.39, 0.29) is 41.7 Å². The van der Waals surface area contributed by atoms with E-state index in [1.165, 1.54) is 0 Å². The molecule has 0 aromatic heterocycles. The van der Waals surface area contributed by atoms with Crippen molar-refractivity contribution >= 4 is 36.0 Å². The maximum Gasteiger partial charge on any atom is 0.246 e. The Hall–Kier alpha value is -0.460. The van der Waals surface area contributed by atoms with Crippen molar-refractivity contribution in [3.63, 3.8) is 0 Å². The van der Waals surface area contributed by atoms with E-state index in [2.05, 4.69) is 13.8 Å². The van der Waals surface area contributed by atoms with E-state index in [9.17, 15) is 9.59 Å². The summed E-state index contributed by atoms with van der Waals surface area (Å²) in [7, 11) is 0. The molecule has 0 spiro atoms. The largest absolute Gasteiger partial charge is 0.340 e. The van der Waals surface area contributed by atoms with Gasteiger partial charge in [0.25, 0.3) is 0 Å². The molecule has 23 heavy (non-hydrogen) atoms. The van der Waals surface area contributed by atoms with E-state index in [4.69, 9.17) is 5.73 Å².